The maximum Gasteiger partial charge on any atom is 0.308 e. The summed E-state index contributed by atoms with van der Waals surface area (Å²) in [4.78, 5) is 26.0. The van der Waals surface area contributed by atoms with Crippen molar-refractivity contribution in [2.45, 2.75) is 39.5 Å². The molecule has 2 aromatic rings. The number of likely N-dealkylation sites (tertiary alicyclic amines) is 1. The maximum absolute atomic E-state index is 13.1. The zero-order valence-corrected chi connectivity index (χ0v) is 15.5. The van der Waals surface area contributed by atoms with Gasteiger partial charge in [0.25, 0.3) is 5.91 Å². The number of carboxylic acid groups (broad SMARTS) is 1. The largest absolute Gasteiger partial charge is 0.481 e. The Morgan fingerprint density at radius 3 is 2.54 bits per heavy atom. The van der Waals surface area contributed by atoms with E-state index in [0.29, 0.717) is 24.9 Å². The van der Waals surface area contributed by atoms with Crippen LogP contribution in [0.15, 0.2) is 30.5 Å². The van der Waals surface area contributed by atoms with Crippen molar-refractivity contribution in [2.75, 3.05) is 13.1 Å². The Balaban J connectivity index is 1.93. The molecule has 1 fully saturated rings. The van der Waals surface area contributed by atoms with Gasteiger partial charge in [-0.05, 0) is 37.8 Å². The number of carboxylic acids is 1. The molecule has 0 aliphatic carbocycles. The second kappa shape index (κ2) is 7.32. The zero-order chi connectivity index (χ0) is 18.8. The van der Waals surface area contributed by atoms with Crippen LogP contribution in [-0.2, 0) is 4.79 Å². The molecule has 1 N–H and O–H groups in total. The molecule has 138 valence electrons. The smallest absolute Gasteiger partial charge is 0.308 e. The van der Waals surface area contributed by atoms with E-state index in [1.165, 1.54) is 0 Å². The minimum Gasteiger partial charge on any atom is -0.481 e. The summed E-state index contributed by atoms with van der Waals surface area (Å²) in [5.74, 6) is -1.33. The van der Waals surface area contributed by atoms with Gasteiger partial charge in [-0.3, -0.25) is 9.59 Å². The van der Waals surface area contributed by atoms with Gasteiger partial charge in [0.2, 0.25) is 0 Å². The highest BCUT2D eigenvalue weighted by Gasteiger charge is 2.31. The van der Waals surface area contributed by atoms with Crippen molar-refractivity contribution in [1.82, 2.24) is 14.7 Å². The Morgan fingerprint density at radius 2 is 1.92 bits per heavy atom. The Hall–Kier alpha value is -2.63. The van der Waals surface area contributed by atoms with Crippen molar-refractivity contribution in [1.29, 1.82) is 0 Å². The highest BCUT2D eigenvalue weighted by Crippen LogP contribution is 2.26. The van der Waals surface area contributed by atoms with E-state index < -0.39 is 11.9 Å². The van der Waals surface area contributed by atoms with Gasteiger partial charge in [0.1, 0.15) is 0 Å². The molecule has 0 unspecified atom stereocenters. The van der Waals surface area contributed by atoms with Crippen molar-refractivity contribution in [3.8, 4) is 5.69 Å². The zero-order valence-electron chi connectivity index (χ0n) is 15.5. The number of rotatable bonds is 4. The molecular formula is C20H25N3O3. The number of hydrogen-bond donors (Lipinski definition) is 1. The Kier molecular flexibility index (Phi) is 5.11. The molecule has 3 rings (SSSR count). The summed E-state index contributed by atoms with van der Waals surface area (Å²) >= 11 is 0. The Labute approximate surface area is 153 Å². The number of nitrogens with zero attached hydrogens (tertiary/aromatic N) is 3. The lowest BCUT2D eigenvalue weighted by atomic mass is 9.97. The number of piperidine rings is 1. The number of amides is 1. The summed E-state index contributed by atoms with van der Waals surface area (Å²) in [7, 11) is 0. The molecule has 26 heavy (non-hydrogen) atoms. The first-order valence-corrected chi connectivity index (χ1v) is 9.05. The van der Waals surface area contributed by atoms with Gasteiger partial charge in [0.05, 0.1) is 29.1 Å². The van der Waals surface area contributed by atoms with Crippen LogP contribution in [0.25, 0.3) is 5.69 Å². The molecule has 0 spiro atoms. The number of aryl methyl sites for hydroxylation is 1. The first kappa shape index (κ1) is 18.2. The van der Waals surface area contributed by atoms with Crippen LogP contribution < -0.4 is 0 Å². The fourth-order valence-corrected chi connectivity index (χ4v) is 3.50. The van der Waals surface area contributed by atoms with Crippen LogP contribution in [0.5, 0.6) is 0 Å². The summed E-state index contributed by atoms with van der Waals surface area (Å²) < 4.78 is 1.82. The van der Waals surface area contributed by atoms with Gasteiger partial charge in [-0.25, -0.2) is 4.68 Å². The first-order chi connectivity index (χ1) is 12.4. The van der Waals surface area contributed by atoms with Gasteiger partial charge in [0, 0.05) is 13.1 Å². The molecular weight excluding hydrogens is 330 g/mol. The van der Waals surface area contributed by atoms with Crippen LogP contribution in [0.4, 0.5) is 0 Å². The van der Waals surface area contributed by atoms with Gasteiger partial charge < -0.3 is 10.0 Å². The lowest BCUT2D eigenvalue weighted by molar-refractivity contribution is -0.143. The molecule has 2 heterocycles. The van der Waals surface area contributed by atoms with Crippen molar-refractivity contribution >= 4 is 11.9 Å². The highest BCUT2D eigenvalue weighted by molar-refractivity contribution is 5.95. The van der Waals surface area contributed by atoms with Gasteiger partial charge in [0.15, 0.2) is 0 Å². The highest BCUT2D eigenvalue weighted by atomic mass is 16.4. The molecule has 1 aromatic heterocycles. The van der Waals surface area contributed by atoms with Gasteiger partial charge in [-0.2, -0.15) is 5.10 Å². The lowest BCUT2D eigenvalue weighted by Gasteiger charge is -2.31. The number of carbonyl (C=O) groups is 2. The number of carbonyl (C=O) groups excluding carboxylic acids is 1. The second-order valence-corrected chi connectivity index (χ2v) is 7.27. The summed E-state index contributed by atoms with van der Waals surface area (Å²) in [5, 5.41) is 13.7. The quantitative estimate of drug-likeness (QED) is 0.913. The van der Waals surface area contributed by atoms with Crippen molar-refractivity contribution in [3.05, 3.63) is 47.3 Å². The molecule has 6 nitrogen and oxygen atoms in total. The standard InChI is InChI=1S/C20H25N3O3/c1-13(2)18-17(11-21-23(18)16-8-6-14(3)7-9-16)19(24)22-10-4-5-15(12-22)20(25)26/h6-9,11,13,15H,4-5,10,12H2,1-3H3,(H,25,26)/t15-/m0/s1. The predicted octanol–water partition coefficient (Wildman–Crippen LogP) is 3.24. The first-order valence-electron chi connectivity index (χ1n) is 9.05. The molecule has 1 aliphatic heterocycles. The minimum absolute atomic E-state index is 0.109. The molecule has 6 heteroatoms. The monoisotopic (exact) mass is 355 g/mol. The molecule has 0 radical (unpaired) electrons. The van der Waals surface area contributed by atoms with E-state index in [2.05, 4.69) is 5.10 Å². The molecule has 0 bridgehead atoms. The van der Waals surface area contributed by atoms with Crippen LogP contribution >= 0.6 is 0 Å². The third kappa shape index (κ3) is 3.49. The van der Waals surface area contributed by atoms with Crippen molar-refractivity contribution < 1.29 is 14.7 Å². The van der Waals surface area contributed by atoms with Gasteiger partial charge in [-0.15, -0.1) is 0 Å². The molecule has 1 atom stereocenters. The average molecular weight is 355 g/mol. The van der Waals surface area contributed by atoms with Crippen LogP contribution in [-0.4, -0.2) is 44.8 Å². The van der Waals surface area contributed by atoms with Gasteiger partial charge in [-0.1, -0.05) is 31.5 Å². The van der Waals surface area contributed by atoms with E-state index in [1.54, 1.807) is 11.1 Å². The van der Waals surface area contributed by atoms with Crippen LogP contribution in [0, 0.1) is 12.8 Å². The van der Waals surface area contributed by atoms with E-state index >= 15 is 0 Å². The van der Waals surface area contributed by atoms with Gasteiger partial charge >= 0.3 is 5.97 Å². The van der Waals surface area contributed by atoms with E-state index in [1.807, 2.05) is 49.7 Å². The van der Waals surface area contributed by atoms with E-state index in [-0.39, 0.29) is 18.4 Å². The fourth-order valence-electron chi connectivity index (χ4n) is 3.50. The Bertz CT molecular complexity index is 808. The van der Waals surface area contributed by atoms with E-state index in [0.717, 1.165) is 16.9 Å². The topological polar surface area (TPSA) is 75.4 Å². The van der Waals surface area contributed by atoms with E-state index in [4.69, 9.17) is 0 Å². The Morgan fingerprint density at radius 1 is 1.23 bits per heavy atom. The fraction of sp³-hybridized carbons (Fsp3) is 0.450. The minimum atomic E-state index is -0.832. The average Bonchev–Trinajstić information content (AvgIpc) is 3.07. The number of benzene rings is 1. The summed E-state index contributed by atoms with van der Waals surface area (Å²) in [6.45, 7) is 6.96. The molecule has 1 aliphatic rings. The maximum atomic E-state index is 13.1. The number of aliphatic carboxylic acids is 1. The van der Waals surface area contributed by atoms with Crippen LogP contribution in [0.3, 0.4) is 0 Å². The summed E-state index contributed by atoms with van der Waals surface area (Å²) in [5.41, 5.74) is 3.50. The molecule has 1 aromatic carbocycles. The molecule has 1 amide bonds. The number of hydrogen-bond acceptors (Lipinski definition) is 3. The predicted molar refractivity (Wildman–Crippen MR) is 98.7 cm³/mol. The van der Waals surface area contributed by atoms with Crippen LogP contribution in [0.1, 0.15) is 54.2 Å². The third-order valence-corrected chi connectivity index (χ3v) is 4.92. The van der Waals surface area contributed by atoms with Crippen molar-refractivity contribution in [3.63, 3.8) is 0 Å². The summed E-state index contributed by atoms with van der Waals surface area (Å²) in [6, 6.07) is 8.02. The van der Waals surface area contributed by atoms with Crippen LogP contribution in [0.2, 0.25) is 0 Å². The van der Waals surface area contributed by atoms with Crippen molar-refractivity contribution in [2.24, 2.45) is 5.92 Å². The van der Waals surface area contributed by atoms with E-state index in [9.17, 15) is 14.7 Å². The SMILES string of the molecule is Cc1ccc(-n2ncc(C(=O)N3CCC[C@H](C(=O)O)C3)c2C(C)C)cc1. The molecule has 0 saturated carbocycles. The summed E-state index contributed by atoms with van der Waals surface area (Å²) in [6.07, 6.45) is 2.95. The lowest BCUT2D eigenvalue weighted by Crippen LogP contribution is -2.42. The number of aromatic nitrogens is 2. The molecule has 1 saturated heterocycles. The second-order valence-electron chi connectivity index (χ2n) is 7.27. The normalized spacial score (nSPS) is 17.5. The third-order valence-electron chi connectivity index (χ3n) is 4.92.